The van der Waals surface area contributed by atoms with Gasteiger partial charge in [-0.25, -0.2) is 0 Å². The summed E-state index contributed by atoms with van der Waals surface area (Å²) in [5.41, 5.74) is 0. The summed E-state index contributed by atoms with van der Waals surface area (Å²) in [7, 11) is 0. The fraction of sp³-hybridized carbons (Fsp3) is 0.608. The van der Waals surface area contributed by atoms with Gasteiger partial charge in [-0.3, -0.25) is 14.4 Å². The van der Waals surface area contributed by atoms with Gasteiger partial charge in [0.2, 0.25) is 0 Å². The third kappa shape index (κ3) is 63.9. The predicted octanol–water partition coefficient (Wildman–Crippen LogP) is 22.5. The van der Waals surface area contributed by atoms with Crippen molar-refractivity contribution in [2.24, 2.45) is 0 Å². The van der Waals surface area contributed by atoms with E-state index in [1.807, 2.05) is 0 Å². The molecule has 6 heteroatoms. The van der Waals surface area contributed by atoms with E-state index in [0.717, 1.165) is 148 Å². The highest BCUT2D eigenvalue weighted by Gasteiger charge is 2.19. The lowest BCUT2D eigenvalue weighted by Gasteiger charge is -2.18. The molecule has 0 spiro atoms. The molecular formula is C74H118O6. The molecule has 0 rings (SSSR count). The lowest BCUT2D eigenvalue weighted by atomic mass is 10.1. The topological polar surface area (TPSA) is 78.9 Å². The van der Waals surface area contributed by atoms with Gasteiger partial charge < -0.3 is 14.2 Å². The SMILES string of the molecule is CC/C=C\C/C=C\C/C=C\C/C=C\C/C=C\C/C=C\CCCCCCCCCCC(=O)OCC(COC(=O)CCCCCCC/C=C\CCCCCCC)OC(=O)CCCC/C=C\C/C=C\C/C=C\C/C=C\C/C=C\C/C=C\CC. The van der Waals surface area contributed by atoms with Gasteiger partial charge in [0.05, 0.1) is 0 Å². The van der Waals surface area contributed by atoms with Crippen molar-refractivity contribution in [1.29, 1.82) is 0 Å². The van der Waals surface area contributed by atoms with E-state index in [2.05, 4.69) is 179 Å². The number of hydrogen-bond acceptors (Lipinski definition) is 6. The van der Waals surface area contributed by atoms with Crippen molar-refractivity contribution in [3.8, 4) is 0 Å². The average Bonchev–Trinajstić information content (AvgIpc) is 3.46. The molecule has 0 heterocycles. The Morgan fingerprint density at radius 3 is 0.800 bits per heavy atom. The highest BCUT2D eigenvalue weighted by Crippen LogP contribution is 2.14. The van der Waals surface area contributed by atoms with Crippen LogP contribution in [0.1, 0.15) is 271 Å². The summed E-state index contributed by atoms with van der Waals surface area (Å²) in [4.78, 5) is 38.3. The minimum Gasteiger partial charge on any atom is -0.462 e. The fourth-order valence-corrected chi connectivity index (χ4v) is 8.44. The molecule has 0 aromatic heterocycles. The Hall–Kier alpha value is -4.97. The van der Waals surface area contributed by atoms with Crippen molar-refractivity contribution in [1.82, 2.24) is 0 Å². The predicted molar refractivity (Wildman–Crippen MR) is 348 cm³/mol. The molecule has 1 atom stereocenters. The molecule has 0 N–H and O–H groups in total. The lowest BCUT2D eigenvalue weighted by Crippen LogP contribution is -2.30. The molecule has 80 heavy (non-hydrogen) atoms. The van der Waals surface area contributed by atoms with Crippen LogP contribution in [0.4, 0.5) is 0 Å². The highest BCUT2D eigenvalue weighted by atomic mass is 16.6. The van der Waals surface area contributed by atoms with Crippen molar-refractivity contribution in [3.05, 3.63) is 158 Å². The minimum absolute atomic E-state index is 0.108. The Kier molecular flexibility index (Phi) is 62.4. The number of carbonyl (C=O) groups excluding carboxylic acids is 3. The van der Waals surface area contributed by atoms with E-state index < -0.39 is 6.10 Å². The van der Waals surface area contributed by atoms with Crippen LogP contribution in [0.15, 0.2) is 158 Å². The van der Waals surface area contributed by atoms with Crippen molar-refractivity contribution in [2.75, 3.05) is 13.2 Å². The second-order valence-corrected chi connectivity index (χ2v) is 20.9. The summed E-state index contributed by atoms with van der Waals surface area (Å²) in [5.74, 6) is -0.970. The third-order valence-corrected chi connectivity index (χ3v) is 13.2. The summed E-state index contributed by atoms with van der Waals surface area (Å²) in [6.45, 7) is 6.35. The lowest BCUT2D eigenvalue weighted by molar-refractivity contribution is -0.167. The zero-order valence-electron chi connectivity index (χ0n) is 51.5. The first kappa shape index (κ1) is 75.0. The molecule has 0 bridgehead atoms. The van der Waals surface area contributed by atoms with Gasteiger partial charge in [0.1, 0.15) is 13.2 Å². The number of rotatable bonds is 57. The van der Waals surface area contributed by atoms with Crippen molar-refractivity contribution >= 4 is 17.9 Å². The van der Waals surface area contributed by atoms with Crippen molar-refractivity contribution < 1.29 is 28.6 Å². The van der Waals surface area contributed by atoms with Gasteiger partial charge >= 0.3 is 17.9 Å². The number of carbonyl (C=O) groups is 3. The summed E-state index contributed by atoms with van der Waals surface area (Å²) in [6, 6.07) is 0. The maximum Gasteiger partial charge on any atom is 0.306 e. The third-order valence-electron chi connectivity index (χ3n) is 13.2. The molecule has 0 aromatic carbocycles. The van der Waals surface area contributed by atoms with E-state index in [4.69, 9.17) is 14.2 Å². The van der Waals surface area contributed by atoms with E-state index in [0.29, 0.717) is 19.3 Å². The summed E-state index contributed by atoms with van der Waals surface area (Å²) in [5, 5.41) is 0. The Bertz CT molecular complexity index is 1790. The molecule has 6 nitrogen and oxygen atoms in total. The van der Waals surface area contributed by atoms with Crippen molar-refractivity contribution in [2.45, 2.75) is 277 Å². The van der Waals surface area contributed by atoms with E-state index >= 15 is 0 Å². The summed E-state index contributed by atoms with van der Waals surface area (Å²) >= 11 is 0. The first-order valence-corrected chi connectivity index (χ1v) is 32.5. The number of esters is 3. The molecule has 0 fully saturated rings. The summed E-state index contributed by atoms with van der Waals surface area (Å²) in [6.07, 6.45) is 96.7. The summed E-state index contributed by atoms with van der Waals surface area (Å²) < 4.78 is 16.9. The normalized spacial score (nSPS) is 13.2. The van der Waals surface area contributed by atoms with Crippen LogP contribution in [-0.2, 0) is 28.6 Å². The van der Waals surface area contributed by atoms with Gasteiger partial charge in [0.15, 0.2) is 6.10 Å². The molecule has 0 amide bonds. The number of ether oxygens (including phenoxy) is 3. The zero-order valence-corrected chi connectivity index (χ0v) is 51.5. The van der Waals surface area contributed by atoms with Crippen LogP contribution >= 0.6 is 0 Å². The van der Waals surface area contributed by atoms with Gasteiger partial charge in [-0.2, -0.15) is 0 Å². The molecule has 0 aliphatic heterocycles. The molecule has 0 aromatic rings. The van der Waals surface area contributed by atoms with Gasteiger partial charge in [0.25, 0.3) is 0 Å². The Morgan fingerprint density at radius 2 is 0.487 bits per heavy atom. The smallest absolute Gasteiger partial charge is 0.306 e. The molecule has 1 unspecified atom stereocenters. The van der Waals surface area contributed by atoms with Crippen LogP contribution in [0.25, 0.3) is 0 Å². The average molecular weight is 1100 g/mol. The second-order valence-electron chi connectivity index (χ2n) is 20.9. The van der Waals surface area contributed by atoms with Gasteiger partial charge in [-0.15, -0.1) is 0 Å². The first-order valence-electron chi connectivity index (χ1n) is 32.5. The van der Waals surface area contributed by atoms with Gasteiger partial charge in [-0.05, 0) is 148 Å². The van der Waals surface area contributed by atoms with Crippen LogP contribution in [0, 0.1) is 0 Å². The van der Waals surface area contributed by atoms with Crippen LogP contribution in [0.3, 0.4) is 0 Å². The highest BCUT2D eigenvalue weighted by molar-refractivity contribution is 5.71. The van der Waals surface area contributed by atoms with E-state index in [-0.39, 0.29) is 37.5 Å². The zero-order chi connectivity index (χ0) is 57.8. The molecular weight excluding hydrogens is 985 g/mol. The molecule has 0 aliphatic rings. The van der Waals surface area contributed by atoms with Gasteiger partial charge in [-0.1, -0.05) is 262 Å². The van der Waals surface area contributed by atoms with Gasteiger partial charge in [0, 0.05) is 19.3 Å². The first-order chi connectivity index (χ1) is 39.5. The van der Waals surface area contributed by atoms with Crippen LogP contribution in [-0.4, -0.2) is 37.2 Å². The molecule has 0 aliphatic carbocycles. The van der Waals surface area contributed by atoms with Crippen molar-refractivity contribution in [3.63, 3.8) is 0 Å². The monoisotopic (exact) mass is 1100 g/mol. The largest absolute Gasteiger partial charge is 0.462 e. The standard InChI is InChI=1S/C74H118O6/c1-4-7-10-13-16-19-22-25-28-30-32-34-35-36-37-38-39-41-42-44-46-49-52-55-58-61-64-67-73(76)79-70-71(69-78-72(75)66-63-60-57-54-51-48-27-24-21-18-15-12-9-6-3)80-74(77)68-65-62-59-56-53-50-47-45-43-40-33-31-29-26-23-20-17-14-11-8-5-2/h7-8,10-11,16-17,19-20,24-29,32-34,36-37,39-41,45,47,53,56,71H,4-6,9,12-15,18,21-23,30-31,35,38,42-44,46,48-52,54-55,57-70H2,1-3H3/b10-7-,11-8-,19-16-,20-17-,27-24-,28-25-,29-26-,34-32-,37-36-,40-33-,41-39-,47-45-,56-53-. The maximum absolute atomic E-state index is 12.9. The van der Waals surface area contributed by atoms with E-state index in [9.17, 15) is 14.4 Å². The van der Waals surface area contributed by atoms with E-state index in [1.165, 1.54) is 77.0 Å². The molecule has 0 saturated carbocycles. The number of unbranched alkanes of at least 4 members (excludes halogenated alkanes) is 20. The van der Waals surface area contributed by atoms with Crippen LogP contribution in [0.2, 0.25) is 0 Å². The number of hydrogen-bond donors (Lipinski definition) is 0. The molecule has 0 saturated heterocycles. The fourth-order valence-electron chi connectivity index (χ4n) is 8.44. The minimum atomic E-state index is -0.817. The quantitative estimate of drug-likeness (QED) is 0.0261. The molecule has 0 radical (unpaired) electrons. The Balaban J connectivity index is 4.46. The Morgan fingerprint density at radius 1 is 0.263 bits per heavy atom. The van der Waals surface area contributed by atoms with Crippen LogP contribution in [0.5, 0.6) is 0 Å². The second kappa shape index (κ2) is 66.5. The van der Waals surface area contributed by atoms with Crippen LogP contribution < -0.4 is 0 Å². The Labute approximate surface area is 492 Å². The van der Waals surface area contributed by atoms with E-state index in [1.54, 1.807) is 0 Å². The number of allylic oxidation sites excluding steroid dienone is 26. The maximum atomic E-state index is 12.9. The molecule has 450 valence electrons.